The third kappa shape index (κ3) is 6.59. The fourth-order valence-electron chi connectivity index (χ4n) is 2.37. The van der Waals surface area contributed by atoms with Gasteiger partial charge in [0.2, 0.25) is 0 Å². The number of halogens is 1. The molecular formula is C20H23ClN4O3. The number of carbonyl (C=O) groups is 3. The van der Waals surface area contributed by atoms with Crippen molar-refractivity contribution in [2.75, 3.05) is 0 Å². The Labute approximate surface area is 168 Å². The number of urea groups is 1. The lowest BCUT2D eigenvalue weighted by atomic mass is 10.0. The number of carbonyl (C=O) groups excluding carboxylic acids is 3. The summed E-state index contributed by atoms with van der Waals surface area (Å²) in [5.74, 6) is -1.19. The number of amides is 4. The van der Waals surface area contributed by atoms with Crippen molar-refractivity contribution in [3.8, 4) is 0 Å². The van der Waals surface area contributed by atoms with Gasteiger partial charge >= 0.3 is 6.03 Å². The molecule has 0 fully saturated rings. The second kappa shape index (κ2) is 10.3. The van der Waals surface area contributed by atoms with E-state index >= 15 is 0 Å². The topological polar surface area (TPSA) is 99.3 Å². The summed E-state index contributed by atoms with van der Waals surface area (Å²) >= 11 is 5.79. The largest absolute Gasteiger partial charge is 0.334 e. The van der Waals surface area contributed by atoms with E-state index in [4.69, 9.17) is 11.6 Å². The van der Waals surface area contributed by atoms with Crippen LogP contribution in [-0.2, 0) is 11.3 Å². The number of hydrogen-bond donors (Lipinski definition) is 4. The Morgan fingerprint density at radius 3 is 2.18 bits per heavy atom. The standard InChI is InChI=1S/C20H23ClN4O3/c1-13(2)17(23-20(28)22-12-14-6-4-3-5-7-14)19(27)25-24-18(26)15-8-10-16(21)11-9-15/h3-11,13,17H,12H2,1-2H3,(H,24,26)(H,25,27)(H2,22,23,28). The van der Waals surface area contributed by atoms with Crippen LogP contribution < -0.4 is 21.5 Å². The summed E-state index contributed by atoms with van der Waals surface area (Å²) in [5, 5.41) is 5.84. The highest BCUT2D eigenvalue weighted by molar-refractivity contribution is 6.30. The van der Waals surface area contributed by atoms with Crippen LogP contribution in [0.3, 0.4) is 0 Å². The van der Waals surface area contributed by atoms with Gasteiger partial charge in [-0.05, 0) is 35.7 Å². The first-order chi connectivity index (χ1) is 13.4. The van der Waals surface area contributed by atoms with Crippen molar-refractivity contribution < 1.29 is 14.4 Å². The van der Waals surface area contributed by atoms with E-state index in [-0.39, 0.29) is 5.92 Å². The Bertz CT molecular complexity index is 810. The van der Waals surface area contributed by atoms with Crippen LogP contribution in [0.1, 0.15) is 29.8 Å². The van der Waals surface area contributed by atoms with Crippen molar-refractivity contribution in [1.82, 2.24) is 21.5 Å². The van der Waals surface area contributed by atoms with Gasteiger partial charge in [0.1, 0.15) is 6.04 Å². The fraction of sp³-hybridized carbons (Fsp3) is 0.250. The summed E-state index contributed by atoms with van der Waals surface area (Å²) in [6.07, 6.45) is 0. The maximum absolute atomic E-state index is 12.4. The molecule has 4 N–H and O–H groups in total. The van der Waals surface area contributed by atoms with E-state index in [0.717, 1.165) is 5.56 Å². The van der Waals surface area contributed by atoms with Crippen LogP contribution in [0, 0.1) is 5.92 Å². The molecular weight excluding hydrogens is 380 g/mol. The van der Waals surface area contributed by atoms with E-state index in [1.807, 2.05) is 30.3 Å². The molecule has 0 spiro atoms. The zero-order valence-electron chi connectivity index (χ0n) is 15.7. The summed E-state index contributed by atoms with van der Waals surface area (Å²) in [7, 11) is 0. The van der Waals surface area contributed by atoms with Gasteiger partial charge in [-0.2, -0.15) is 0 Å². The number of benzene rings is 2. The SMILES string of the molecule is CC(C)C(NC(=O)NCc1ccccc1)C(=O)NNC(=O)c1ccc(Cl)cc1. The van der Waals surface area contributed by atoms with Gasteiger partial charge < -0.3 is 10.6 Å². The lowest BCUT2D eigenvalue weighted by Crippen LogP contribution is -2.55. The molecule has 2 aromatic rings. The second-order valence-corrected chi connectivity index (χ2v) is 6.92. The molecule has 0 aliphatic rings. The monoisotopic (exact) mass is 402 g/mol. The molecule has 4 amide bonds. The smallest absolute Gasteiger partial charge is 0.315 e. The predicted molar refractivity (Wildman–Crippen MR) is 108 cm³/mol. The Morgan fingerprint density at radius 2 is 1.57 bits per heavy atom. The molecule has 0 aliphatic heterocycles. The third-order valence-electron chi connectivity index (χ3n) is 3.94. The van der Waals surface area contributed by atoms with Gasteiger partial charge in [-0.15, -0.1) is 0 Å². The molecule has 0 aliphatic carbocycles. The van der Waals surface area contributed by atoms with Crippen molar-refractivity contribution in [3.05, 3.63) is 70.7 Å². The van der Waals surface area contributed by atoms with Gasteiger partial charge in [-0.3, -0.25) is 20.4 Å². The summed E-state index contributed by atoms with van der Waals surface area (Å²) in [5.41, 5.74) is 5.96. The molecule has 7 nitrogen and oxygen atoms in total. The average molecular weight is 403 g/mol. The minimum Gasteiger partial charge on any atom is -0.334 e. The molecule has 0 heterocycles. The highest BCUT2D eigenvalue weighted by atomic mass is 35.5. The lowest BCUT2D eigenvalue weighted by molar-refractivity contribution is -0.124. The molecule has 0 saturated carbocycles. The first kappa shape index (κ1) is 21.2. The molecule has 28 heavy (non-hydrogen) atoms. The molecule has 0 radical (unpaired) electrons. The minimum atomic E-state index is -0.818. The van der Waals surface area contributed by atoms with E-state index in [0.29, 0.717) is 17.1 Å². The molecule has 8 heteroatoms. The summed E-state index contributed by atoms with van der Waals surface area (Å²) in [4.78, 5) is 36.6. The summed E-state index contributed by atoms with van der Waals surface area (Å²) < 4.78 is 0. The Kier molecular flexibility index (Phi) is 7.83. The zero-order chi connectivity index (χ0) is 20.5. The first-order valence-corrected chi connectivity index (χ1v) is 9.18. The molecule has 0 bridgehead atoms. The minimum absolute atomic E-state index is 0.185. The molecule has 0 aromatic heterocycles. The normalized spacial score (nSPS) is 11.4. The summed E-state index contributed by atoms with van der Waals surface area (Å²) in [6, 6.07) is 14.4. The maximum atomic E-state index is 12.4. The van der Waals surface area contributed by atoms with Crippen LogP contribution in [0.2, 0.25) is 5.02 Å². The van der Waals surface area contributed by atoms with Crippen molar-refractivity contribution in [1.29, 1.82) is 0 Å². The van der Waals surface area contributed by atoms with Crippen molar-refractivity contribution in [2.45, 2.75) is 26.4 Å². The molecule has 2 rings (SSSR count). The molecule has 0 saturated heterocycles. The number of nitrogens with one attached hydrogen (secondary N) is 4. The van der Waals surface area contributed by atoms with Gasteiger partial charge in [0, 0.05) is 17.1 Å². The van der Waals surface area contributed by atoms with Crippen LogP contribution >= 0.6 is 11.6 Å². The van der Waals surface area contributed by atoms with E-state index < -0.39 is 23.9 Å². The highest BCUT2D eigenvalue weighted by Crippen LogP contribution is 2.09. The molecule has 1 unspecified atom stereocenters. The highest BCUT2D eigenvalue weighted by Gasteiger charge is 2.24. The predicted octanol–water partition coefficient (Wildman–Crippen LogP) is 2.63. The van der Waals surface area contributed by atoms with Crippen LogP contribution in [0.5, 0.6) is 0 Å². The van der Waals surface area contributed by atoms with Crippen molar-refractivity contribution in [2.24, 2.45) is 5.92 Å². The quantitative estimate of drug-likeness (QED) is 0.559. The van der Waals surface area contributed by atoms with E-state index in [1.165, 1.54) is 0 Å². The van der Waals surface area contributed by atoms with E-state index in [2.05, 4.69) is 21.5 Å². The number of hydrazine groups is 1. The molecule has 148 valence electrons. The zero-order valence-corrected chi connectivity index (χ0v) is 16.4. The Balaban J connectivity index is 1.85. The van der Waals surface area contributed by atoms with Gasteiger partial charge in [0.15, 0.2) is 0 Å². The first-order valence-electron chi connectivity index (χ1n) is 8.81. The summed E-state index contributed by atoms with van der Waals surface area (Å²) in [6.45, 7) is 3.93. The Hall–Kier alpha value is -3.06. The van der Waals surface area contributed by atoms with Crippen molar-refractivity contribution >= 4 is 29.4 Å². The van der Waals surface area contributed by atoms with E-state index in [9.17, 15) is 14.4 Å². The van der Waals surface area contributed by atoms with Crippen LogP contribution in [-0.4, -0.2) is 23.9 Å². The van der Waals surface area contributed by atoms with Gasteiger partial charge in [-0.25, -0.2) is 4.79 Å². The van der Waals surface area contributed by atoms with E-state index in [1.54, 1.807) is 38.1 Å². The van der Waals surface area contributed by atoms with Gasteiger partial charge in [-0.1, -0.05) is 55.8 Å². The van der Waals surface area contributed by atoms with Crippen LogP contribution in [0.25, 0.3) is 0 Å². The molecule has 2 aromatic carbocycles. The van der Waals surface area contributed by atoms with Gasteiger partial charge in [0.05, 0.1) is 0 Å². The average Bonchev–Trinajstić information content (AvgIpc) is 2.69. The van der Waals surface area contributed by atoms with Crippen molar-refractivity contribution in [3.63, 3.8) is 0 Å². The third-order valence-corrected chi connectivity index (χ3v) is 4.19. The second-order valence-electron chi connectivity index (χ2n) is 6.48. The van der Waals surface area contributed by atoms with Gasteiger partial charge in [0.25, 0.3) is 11.8 Å². The van der Waals surface area contributed by atoms with Crippen LogP contribution in [0.4, 0.5) is 4.79 Å². The number of rotatable bonds is 6. The lowest BCUT2D eigenvalue weighted by Gasteiger charge is -2.22. The maximum Gasteiger partial charge on any atom is 0.315 e. The van der Waals surface area contributed by atoms with Crippen LogP contribution in [0.15, 0.2) is 54.6 Å². The molecule has 1 atom stereocenters. The fourth-order valence-corrected chi connectivity index (χ4v) is 2.50. The Morgan fingerprint density at radius 1 is 0.929 bits per heavy atom. The number of hydrogen-bond acceptors (Lipinski definition) is 3.